The lowest BCUT2D eigenvalue weighted by Gasteiger charge is -2.05. The number of Topliss-reactive ketones (excluding diaryl/α,β-unsaturated/α-hetero) is 1. The van der Waals surface area contributed by atoms with Gasteiger partial charge in [-0.1, -0.05) is 12.8 Å². The number of hydrogen-bond donors (Lipinski definition) is 0. The van der Waals surface area contributed by atoms with Gasteiger partial charge in [0.15, 0.2) is 0 Å². The number of thiazole rings is 1. The lowest BCUT2D eigenvalue weighted by Crippen LogP contribution is -2.13. The summed E-state index contributed by atoms with van der Waals surface area (Å²) >= 11 is 1.67. The molecule has 1 aliphatic carbocycles. The molecule has 0 N–H and O–H groups in total. The quantitative estimate of drug-likeness (QED) is 0.788. The average molecular weight is 223 g/mol. The Morgan fingerprint density at radius 2 is 2.07 bits per heavy atom. The summed E-state index contributed by atoms with van der Waals surface area (Å²) in [6.07, 6.45) is 5.22. The molecule has 0 radical (unpaired) electrons. The molecule has 3 heteroatoms. The molecule has 1 aliphatic rings. The van der Waals surface area contributed by atoms with Crippen molar-refractivity contribution in [3.05, 3.63) is 15.6 Å². The predicted molar refractivity (Wildman–Crippen MR) is 62.3 cm³/mol. The molecule has 2 nitrogen and oxygen atoms in total. The van der Waals surface area contributed by atoms with Crippen LogP contribution in [0.2, 0.25) is 0 Å². The van der Waals surface area contributed by atoms with E-state index in [2.05, 4.69) is 11.9 Å². The van der Waals surface area contributed by atoms with E-state index in [1.807, 2.05) is 6.92 Å². The van der Waals surface area contributed by atoms with Crippen LogP contribution in [0.4, 0.5) is 0 Å². The van der Waals surface area contributed by atoms with Gasteiger partial charge < -0.3 is 0 Å². The normalized spacial score (nSPS) is 17.2. The van der Waals surface area contributed by atoms with Crippen LogP contribution in [0.1, 0.15) is 41.3 Å². The van der Waals surface area contributed by atoms with Crippen molar-refractivity contribution in [1.29, 1.82) is 0 Å². The molecule has 0 unspecified atom stereocenters. The maximum Gasteiger partial charge on any atom is 0.142 e. The van der Waals surface area contributed by atoms with Crippen molar-refractivity contribution < 1.29 is 4.79 Å². The van der Waals surface area contributed by atoms with E-state index in [0.717, 1.165) is 23.5 Å². The second-order valence-electron chi connectivity index (χ2n) is 4.37. The van der Waals surface area contributed by atoms with Crippen molar-refractivity contribution in [1.82, 2.24) is 4.98 Å². The van der Waals surface area contributed by atoms with Crippen molar-refractivity contribution in [2.75, 3.05) is 0 Å². The Bertz CT molecular complexity index is 344. The molecule has 1 fully saturated rings. The fourth-order valence-electron chi connectivity index (χ4n) is 2.16. The molecule has 0 aromatic carbocycles. The van der Waals surface area contributed by atoms with Crippen LogP contribution in [0.15, 0.2) is 0 Å². The molecule has 0 amide bonds. The molecule has 1 heterocycles. The van der Waals surface area contributed by atoms with Crippen LogP contribution in [0.3, 0.4) is 0 Å². The third-order valence-corrected chi connectivity index (χ3v) is 4.28. The van der Waals surface area contributed by atoms with Crippen LogP contribution in [-0.4, -0.2) is 10.8 Å². The van der Waals surface area contributed by atoms with E-state index in [-0.39, 0.29) is 0 Å². The Balaban J connectivity index is 1.99. The summed E-state index contributed by atoms with van der Waals surface area (Å²) in [5.74, 6) is 0.732. The minimum absolute atomic E-state index is 0.328. The van der Waals surface area contributed by atoms with Gasteiger partial charge >= 0.3 is 0 Å². The SMILES string of the molecule is Cc1nc(CC(=O)C2CCCC2)sc1C. The van der Waals surface area contributed by atoms with Crippen LogP contribution < -0.4 is 0 Å². The van der Waals surface area contributed by atoms with Gasteiger partial charge in [-0.15, -0.1) is 11.3 Å². The van der Waals surface area contributed by atoms with Crippen LogP contribution in [0.25, 0.3) is 0 Å². The van der Waals surface area contributed by atoms with Crippen LogP contribution in [0, 0.1) is 19.8 Å². The molecule has 0 bridgehead atoms. The third-order valence-electron chi connectivity index (χ3n) is 3.21. The first-order valence-corrected chi connectivity index (χ1v) is 6.44. The van der Waals surface area contributed by atoms with Gasteiger partial charge in [-0.2, -0.15) is 0 Å². The van der Waals surface area contributed by atoms with Crippen molar-refractivity contribution in [2.45, 2.75) is 46.0 Å². The molecule has 15 heavy (non-hydrogen) atoms. The second-order valence-corrected chi connectivity index (χ2v) is 5.66. The Hall–Kier alpha value is -0.700. The molecule has 0 aliphatic heterocycles. The van der Waals surface area contributed by atoms with E-state index in [1.54, 1.807) is 11.3 Å². The largest absolute Gasteiger partial charge is 0.299 e. The highest BCUT2D eigenvalue weighted by Gasteiger charge is 2.23. The topological polar surface area (TPSA) is 30.0 Å². The first-order valence-electron chi connectivity index (χ1n) is 5.62. The van der Waals surface area contributed by atoms with Crippen LogP contribution in [0.5, 0.6) is 0 Å². The first-order chi connectivity index (χ1) is 7.16. The van der Waals surface area contributed by atoms with Crippen molar-refractivity contribution >= 4 is 17.1 Å². The highest BCUT2D eigenvalue weighted by Crippen LogP contribution is 2.27. The smallest absolute Gasteiger partial charge is 0.142 e. The van der Waals surface area contributed by atoms with Gasteiger partial charge in [-0.3, -0.25) is 4.79 Å². The molecular formula is C12H17NOS. The molecular weight excluding hydrogens is 206 g/mol. The molecule has 1 saturated carbocycles. The summed E-state index contributed by atoms with van der Waals surface area (Å²) in [6.45, 7) is 4.08. The molecule has 1 aromatic rings. The van der Waals surface area contributed by atoms with E-state index in [0.29, 0.717) is 18.1 Å². The highest BCUT2D eigenvalue weighted by molar-refractivity contribution is 7.11. The Labute approximate surface area is 94.7 Å². The van der Waals surface area contributed by atoms with Gasteiger partial charge in [-0.05, 0) is 26.7 Å². The van der Waals surface area contributed by atoms with E-state index in [9.17, 15) is 4.79 Å². The second kappa shape index (κ2) is 4.44. The van der Waals surface area contributed by atoms with Gasteiger partial charge in [0.05, 0.1) is 12.1 Å². The maximum absolute atomic E-state index is 11.9. The molecule has 0 saturated heterocycles. The number of ketones is 1. The van der Waals surface area contributed by atoms with E-state index in [4.69, 9.17) is 0 Å². The van der Waals surface area contributed by atoms with E-state index in [1.165, 1.54) is 17.7 Å². The van der Waals surface area contributed by atoms with E-state index < -0.39 is 0 Å². The first kappa shape index (κ1) is 10.8. The zero-order valence-corrected chi connectivity index (χ0v) is 10.2. The van der Waals surface area contributed by atoms with Gasteiger partial charge in [0, 0.05) is 10.8 Å². The number of carbonyl (C=O) groups is 1. The summed E-state index contributed by atoms with van der Waals surface area (Å²) in [6, 6.07) is 0. The number of aromatic nitrogens is 1. The number of carbonyl (C=O) groups excluding carboxylic acids is 1. The lowest BCUT2D eigenvalue weighted by atomic mass is 10.0. The number of rotatable bonds is 3. The van der Waals surface area contributed by atoms with Gasteiger partial charge in [0.2, 0.25) is 0 Å². The maximum atomic E-state index is 11.9. The Kier molecular flexibility index (Phi) is 3.19. The van der Waals surface area contributed by atoms with Gasteiger partial charge in [-0.25, -0.2) is 4.98 Å². The summed E-state index contributed by atoms with van der Waals surface area (Å²) in [5.41, 5.74) is 1.08. The van der Waals surface area contributed by atoms with Gasteiger partial charge in [0.1, 0.15) is 10.8 Å². The summed E-state index contributed by atoms with van der Waals surface area (Å²) in [4.78, 5) is 17.6. The molecule has 82 valence electrons. The third kappa shape index (κ3) is 2.46. The van der Waals surface area contributed by atoms with Crippen LogP contribution in [-0.2, 0) is 11.2 Å². The monoisotopic (exact) mass is 223 g/mol. The predicted octanol–water partition coefficient (Wildman–Crippen LogP) is 3.06. The number of nitrogens with zero attached hydrogens (tertiary/aromatic N) is 1. The Morgan fingerprint density at radius 3 is 2.60 bits per heavy atom. The molecule has 2 rings (SSSR count). The number of aryl methyl sites for hydroxylation is 2. The number of hydrogen-bond acceptors (Lipinski definition) is 3. The zero-order valence-electron chi connectivity index (χ0n) is 9.38. The van der Waals surface area contributed by atoms with E-state index >= 15 is 0 Å². The summed E-state index contributed by atoms with van der Waals surface area (Å²) < 4.78 is 0. The Morgan fingerprint density at radius 1 is 1.40 bits per heavy atom. The highest BCUT2D eigenvalue weighted by atomic mass is 32.1. The standard InChI is InChI=1S/C12H17NOS/c1-8-9(2)15-12(13-8)7-11(14)10-5-3-4-6-10/h10H,3-7H2,1-2H3. The van der Waals surface area contributed by atoms with Crippen molar-refractivity contribution in [3.8, 4) is 0 Å². The summed E-state index contributed by atoms with van der Waals surface area (Å²) in [7, 11) is 0. The summed E-state index contributed by atoms with van der Waals surface area (Å²) in [5, 5.41) is 1.00. The molecule has 0 atom stereocenters. The minimum atomic E-state index is 0.328. The minimum Gasteiger partial charge on any atom is -0.299 e. The van der Waals surface area contributed by atoms with Crippen molar-refractivity contribution in [3.63, 3.8) is 0 Å². The molecule has 0 spiro atoms. The molecule has 1 aromatic heterocycles. The zero-order chi connectivity index (χ0) is 10.8. The average Bonchev–Trinajstić information content (AvgIpc) is 2.77. The van der Waals surface area contributed by atoms with Crippen molar-refractivity contribution in [2.24, 2.45) is 5.92 Å². The fraction of sp³-hybridized carbons (Fsp3) is 0.667. The lowest BCUT2D eigenvalue weighted by molar-refractivity contribution is -0.122. The van der Waals surface area contributed by atoms with Crippen LogP contribution >= 0.6 is 11.3 Å². The van der Waals surface area contributed by atoms with Gasteiger partial charge in [0.25, 0.3) is 0 Å². The fourth-order valence-corrected chi connectivity index (χ4v) is 3.10.